The highest BCUT2D eigenvalue weighted by Gasteiger charge is 2.12. The van der Waals surface area contributed by atoms with Crippen LogP contribution in [0.4, 0.5) is 0 Å². The van der Waals surface area contributed by atoms with E-state index in [0.29, 0.717) is 23.0 Å². The van der Waals surface area contributed by atoms with E-state index in [4.69, 9.17) is 0 Å². The highest BCUT2D eigenvalue weighted by molar-refractivity contribution is 14.1. The molecular formula is C14H11IN4OS2. The number of nitrogens with zero attached hydrogens (tertiary/aromatic N) is 4. The van der Waals surface area contributed by atoms with Gasteiger partial charge in [0.2, 0.25) is 5.16 Å². The van der Waals surface area contributed by atoms with Crippen LogP contribution in [0.1, 0.15) is 15.2 Å². The van der Waals surface area contributed by atoms with Crippen molar-refractivity contribution in [1.29, 1.82) is 0 Å². The number of aromatic nitrogens is 4. The van der Waals surface area contributed by atoms with Crippen LogP contribution in [0.25, 0.3) is 0 Å². The third-order valence-electron chi connectivity index (χ3n) is 2.88. The molecule has 0 unspecified atom stereocenters. The fraction of sp³-hybridized carbons (Fsp3) is 0.143. The predicted molar refractivity (Wildman–Crippen MR) is 95.5 cm³/mol. The van der Waals surface area contributed by atoms with Crippen molar-refractivity contribution in [3.05, 3.63) is 55.8 Å². The smallest absolute Gasteiger partial charge is 0.210 e. The Labute approximate surface area is 149 Å². The molecule has 8 heteroatoms. The van der Waals surface area contributed by atoms with Crippen LogP contribution < -0.4 is 0 Å². The second-order valence-electron chi connectivity index (χ2n) is 4.42. The van der Waals surface area contributed by atoms with E-state index >= 15 is 0 Å². The Bertz CT molecular complexity index is 756. The molecule has 0 saturated carbocycles. The van der Waals surface area contributed by atoms with Crippen molar-refractivity contribution in [1.82, 2.24) is 20.2 Å². The fourth-order valence-electron chi connectivity index (χ4n) is 1.80. The molecule has 3 rings (SSSR count). The van der Waals surface area contributed by atoms with Crippen molar-refractivity contribution in [2.24, 2.45) is 0 Å². The first-order valence-electron chi connectivity index (χ1n) is 6.42. The molecule has 0 atom stereocenters. The van der Waals surface area contributed by atoms with Gasteiger partial charge >= 0.3 is 0 Å². The van der Waals surface area contributed by atoms with E-state index in [1.165, 1.54) is 16.6 Å². The number of benzene rings is 1. The number of thiophene rings is 1. The maximum atomic E-state index is 12.2. The lowest BCUT2D eigenvalue weighted by atomic mass is 10.2. The van der Waals surface area contributed by atoms with E-state index in [0.717, 1.165) is 3.57 Å². The second kappa shape index (κ2) is 7.34. The lowest BCUT2D eigenvalue weighted by Gasteiger charge is -2.03. The van der Waals surface area contributed by atoms with E-state index in [-0.39, 0.29) is 5.78 Å². The minimum Gasteiger partial charge on any atom is -0.293 e. The number of carbonyl (C=O) groups is 1. The summed E-state index contributed by atoms with van der Waals surface area (Å²) in [4.78, 5) is 13.4. The van der Waals surface area contributed by atoms with Crippen molar-refractivity contribution in [3.8, 4) is 0 Å². The van der Waals surface area contributed by atoms with Gasteiger partial charge in [-0.05, 0) is 56.6 Å². The van der Waals surface area contributed by atoms with Crippen LogP contribution in [0.15, 0.2) is 46.9 Å². The third-order valence-corrected chi connectivity index (χ3v) is 5.42. The Morgan fingerprint density at radius 3 is 2.82 bits per heavy atom. The number of Topliss-reactive ketones (excluding diaryl/α,β-unsaturated/α-hetero) is 1. The zero-order chi connectivity index (χ0) is 15.4. The highest BCUT2D eigenvalue weighted by atomic mass is 127. The van der Waals surface area contributed by atoms with Gasteiger partial charge in [-0.3, -0.25) is 4.79 Å². The minimum absolute atomic E-state index is 0.0760. The van der Waals surface area contributed by atoms with Crippen LogP contribution in [0.2, 0.25) is 0 Å². The molecule has 0 bridgehead atoms. The Kier molecular flexibility index (Phi) is 5.21. The average molecular weight is 442 g/mol. The number of ketones is 1. The molecule has 0 aliphatic rings. The zero-order valence-corrected chi connectivity index (χ0v) is 15.1. The van der Waals surface area contributed by atoms with Gasteiger partial charge in [0.1, 0.15) is 0 Å². The number of carbonyl (C=O) groups excluding carboxylic acids is 1. The van der Waals surface area contributed by atoms with Crippen LogP contribution in [-0.4, -0.2) is 31.7 Å². The first-order chi connectivity index (χ1) is 10.7. The van der Waals surface area contributed by atoms with Crippen LogP contribution in [0.3, 0.4) is 0 Å². The van der Waals surface area contributed by atoms with Crippen molar-refractivity contribution >= 4 is 51.5 Å². The summed E-state index contributed by atoms with van der Waals surface area (Å²) >= 11 is 5.24. The largest absolute Gasteiger partial charge is 0.293 e. The van der Waals surface area contributed by atoms with Gasteiger partial charge in [0.25, 0.3) is 0 Å². The van der Waals surface area contributed by atoms with Crippen LogP contribution >= 0.6 is 45.7 Å². The summed E-state index contributed by atoms with van der Waals surface area (Å²) < 4.78 is 2.83. The molecule has 3 aromatic rings. The van der Waals surface area contributed by atoms with Gasteiger partial charge in [0.05, 0.1) is 12.3 Å². The molecule has 0 aliphatic carbocycles. The third kappa shape index (κ3) is 3.93. The van der Waals surface area contributed by atoms with Gasteiger partial charge in [0.15, 0.2) is 5.78 Å². The fourth-order valence-corrected chi connectivity index (χ4v) is 3.62. The molecular weight excluding hydrogens is 431 g/mol. The Hall–Kier alpha value is -1.26. The predicted octanol–water partition coefficient (Wildman–Crippen LogP) is 3.36. The molecule has 0 amide bonds. The molecule has 0 spiro atoms. The first-order valence-corrected chi connectivity index (χ1v) is 9.37. The van der Waals surface area contributed by atoms with Crippen molar-refractivity contribution in [2.75, 3.05) is 5.75 Å². The van der Waals surface area contributed by atoms with Gasteiger partial charge in [-0.2, -0.15) is 0 Å². The number of hydrogen-bond donors (Lipinski definition) is 0. The number of rotatable bonds is 6. The number of hydrogen-bond acceptors (Lipinski definition) is 6. The zero-order valence-electron chi connectivity index (χ0n) is 11.3. The number of tetrazole rings is 1. The summed E-state index contributed by atoms with van der Waals surface area (Å²) in [5.74, 6) is 0.401. The molecule has 5 nitrogen and oxygen atoms in total. The molecule has 0 saturated heterocycles. The van der Waals surface area contributed by atoms with Crippen molar-refractivity contribution < 1.29 is 4.79 Å². The quantitative estimate of drug-likeness (QED) is 0.333. The van der Waals surface area contributed by atoms with Crippen LogP contribution in [0.5, 0.6) is 0 Å². The molecule has 0 aliphatic heterocycles. The van der Waals surface area contributed by atoms with Crippen molar-refractivity contribution in [2.45, 2.75) is 11.7 Å². The molecule has 0 radical (unpaired) electrons. The van der Waals surface area contributed by atoms with Crippen molar-refractivity contribution in [3.63, 3.8) is 0 Å². The lowest BCUT2D eigenvalue weighted by Crippen LogP contribution is -2.06. The van der Waals surface area contributed by atoms with Gasteiger partial charge in [0, 0.05) is 14.0 Å². The summed E-state index contributed by atoms with van der Waals surface area (Å²) in [6.07, 6.45) is 0. The highest BCUT2D eigenvalue weighted by Crippen LogP contribution is 2.18. The summed E-state index contributed by atoms with van der Waals surface area (Å²) in [6, 6.07) is 11.6. The maximum absolute atomic E-state index is 12.2. The van der Waals surface area contributed by atoms with Crippen LogP contribution in [-0.2, 0) is 6.54 Å². The number of halogens is 1. The molecule has 22 heavy (non-hydrogen) atoms. The summed E-state index contributed by atoms with van der Waals surface area (Å²) in [5.41, 5.74) is 0.713. The Balaban J connectivity index is 1.63. The monoisotopic (exact) mass is 442 g/mol. The lowest BCUT2D eigenvalue weighted by molar-refractivity contribution is 0.102. The maximum Gasteiger partial charge on any atom is 0.210 e. The molecule has 0 fully saturated rings. The topological polar surface area (TPSA) is 60.7 Å². The SMILES string of the molecule is O=C(CSc1nnnn1Cc1cccs1)c1ccc(I)cc1. The van der Waals surface area contributed by atoms with Gasteiger partial charge < -0.3 is 0 Å². The average Bonchev–Trinajstić information content (AvgIpc) is 3.18. The summed E-state index contributed by atoms with van der Waals surface area (Å²) in [5, 5.41) is 14.4. The first kappa shape index (κ1) is 15.6. The molecule has 2 heterocycles. The molecule has 1 aromatic carbocycles. The number of thioether (sulfide) groups is 1. The van der Waals surface area contributed by atoms with Gasteiger partial charge in [-0.15, -0.1) is 16.4 Å². The van der Waals surface area contributed by atoms with E-state index in [1.54, 1.807) is 16.0 Å². The van der Waals surface area contributed by atoms with E-state index in [9.17, 15) is 4.79 Å². The molecule has 0 N–H and O–H groups in total. The van der Waals surface area contributed by atoms with Gasteiger partial charge in [-0.25, -0.2) is 4.68 Å². The molecule has 2 aromatic heterocycles. The second-order valence-corrected chi connectivity index (χ2v) is 7.64. The molecule has 112 valence electrons. The standard InChI is InChI=1S/C14H11IN4OS2/c15-11-5-3-10(4-6-11)13(20)9-22-14-16-17-18-19(14)8-12-2-1-7-21-12/h1-7H,8-9H2. The van der Waals surface area contributed by atoms with Gasteiger partial charge in [-0.1, -0.05) is 30.0 Å². The van der Waals surface area contributed by atoms with E-state index < -0.39 is 0 Å². The Morgan fingerprint density at radius 1 is 1.27 bits per heavy atom. The summed E-state index contributed by atoms with van der Waals surface area (Å²) in [7, 11) is 0. The summed E-state index contributed by atoms with van der Waals surface area (Å²) in [6.45, 7) is 0.630. The van der Waals surface area contributed by atoms with Crippen LogP contribution in [0, 0.1) is 3.57 Å². The normalized spacial score (nSPS) is 10.8. The van der Waals surface area contributed by atoms with E-state index in [2.05, 4.69) is 38.1 Å². The minimum atomic E-state index is 0.0760. The van der Waals surface area contributed by atoms with E-state index in [1.807, 2.05) is 41.8 Å². The Morgan fingerprint density at radius 2 is 2.09 bits per heavy atom.